The maximum atomic E-state index is 12.4. The molecule has 0 N–H and O–H groups in total. The van der Waals surface area contributed by atoms with Crippen molar-refractivity contribution >= 4 is 52.3 Å². The quantitative estimate of drug-likeness (QED) is 0.565. The van der Waals surface area contributed by atoms with E-state index in [1.165, 1.54) is 12.1 Å². The molecule has 1 aliphatic heterocycles. The first-order chi connectivity index (χ1) is 9.50. The highest BCUT2D eigenvalue weighted by atomic mass is 35.5. The lowest BCUT2D eigenvalue weighted by Crippen LogP contribution is -2.31. The van der Waals surface area contributed by atoms with Gasteiger partial charge >= 0.3 is 0 Å². The third kappa shape index (κ3) is 2.05. The van der Waals surface area contributed by atoms with E-state index in [1.807, 2.05) is 0 Å². The van der Waals surface area contributed by atoms with Crippen LogP contribution in [0.5, 0.6) is 0 Å². The zero-order valence-electron chi connectivity index (χ0n) is 10.4. The molecule has 0 saturated heterocycles. The van der Waals surface area contributed by atoms with Crippen LogP contribution in [0.15, 0.2) is 23.3 Å². The van der Waals surface area contributed by atoms with Gasteiger partial charge in [0, 0.05) is 11.1 Å². The molecule has 0 spiro atoms. The van der Waals surface area contributed by atoms with Crippen molar-refractivity contribution in [1.82, 2.24) is 0 Å². The number of rotatable bonds is 1. The second-order valence-corrected chi connectivity index (χ2v) is 6.03. The number of benzene rings is 1. The fourth-order valence-corrected chi connectivity index (χ4v) is 3.23. The van der Waals surface area contributed by atoms with Crippen molar-refractivity contribution in [2.24, 2.45) is 0 Å². The highest BCUT2D eigenvalue weighted by Crippen LogP contribution is 2.39. The molecule has 0 bridgehead atoms. The topological polar surface area (TPSA) is 37.4 Å². The van der Waals surface area contributed by atoms with Gasteiger partial charge in [0.05, 0.1) is 20.8 Å². The molecule has 2 amide bonds. The number of carbonyl (C=O) groups excluding carboxylic acids is 2. The number of hydrogen-bond acceptors (Lipinski definition) is 2. The molecule has 0 saturated carbocycles. The molecule has 20 heavy (non-hydrogen) atoms. The summed E-state index contributed by atoms with van der Waals surface area (Å²) >= 11 is 17.8. The Morgan fingerprint density at radius 1 is 0.850 bits per heavy atom. The van der Waals surface area contributed by atoms with Gasteiger partial charge in [-0.05, 0) is 37.8 Å². The summed E-state index contributed by atoms with van der Waals surface area (Å²) in [5.41, 5.74) is 1.63. The first kappa shape index (κ1) is 13.9. The molecular weight excluding hydrogens is 321 g/mol. The van der Waals surface area contributed by atoms with E-state index < -0.39 is 0 Å². The zero-order valence-corrected chi connectivity index (χ0v) is 12.6. The van der Waals surface area contributed by atoms with Crippen molar-refractivity contribution in [3.05, 3.63) is 38.3 Å². The molecule has 0 fully saturated rings. The molecule has 0 radical (unpaired) electrons. The van der Waals surface area contributed by atoms with Gasteiger partial charge in [0.2, 0.25) is 0 Å². The summed E-state index contributed by atoms with van der Waals surface area (Å²) in [7, 11) is 0. The van der Waals surface area contributed by atoms with E-state index in [2.05, 4.69) is 0 Å². The van der Waals surface area contributed by atoms with E-state index in [4.69, 9.17) is 34.8 Å². The van der Waals surface area contributed by atoms with Gasteiger partial charge in [-0.3, -0.25) is 9.59 Å². The molecule has 3 rings (SSSR count). The predicted octanol–water partition coefficient (Wildman–Crippen LogP) is 4.39. The molecule has 0 aromatic heterocycles. The van der Waals surface area contributed by atoms with Crippen molar-refractivity contribution in [3.8, 4) is 0 Å². The minimum Gasteiger partial charge on any atom is -0.269 e. The Kier molecular flexibility index (Phi) is 3.53. The van der Waals surface area contributed by atoms with E-state index in [1.54, 1.807) is 0 Å². The maximum absolute atomic E-state index is 12.4. The molecule has 0 unspecified atom stereocenters. The normalized spacial score (nSPS) is 18.9. The molecule has 6 heteroatoms. The van der Waals surface area contributed by atoms with Gasteiger partial charge in [0.25, 0.3) is 11.8 Å². The van der Waals surface area contributed by atoms with E-state index in [-0.39, 0.29) is 26.9 Å². The molecule has 3 nitrogen and oxygen atoms in total. The van der Waals surface area contributed by atoms with E-state index in [0.717, 1.165) is 17.7 Å². The molecule has 1 aromatic rings. The average molecular weight is 331 g/mol. The molecule has 1 aliphatic carbocycles. The summed E-state index contributed by atoms with van der Waals surface area (Å²) in [6, 6.07) is 2.98. The average Bonchev–Trinajstić information content (AvgIpc) is 2.68. The molecular formula is C14H10Cl3NO2. The van der Waals surface area contributed by atoms with Crippen molar-refractivity contribution in [3.63, 3.8) is 0 Å². The van der Waals surface area contributed by atoms with Gasteiger partial charge in [-0.25, -0.2) is 4.90 Å². The van der Waals surface area contributed by atoms with E-state index in [0.29, 0.717) is 29.7 Å². The number of imide groups is 1. The predicted molar refractivity (Wildman–Crippen MR) is 79.5 cm³/mol. The summed E-state index contributed by atoms with van der Waals surface area (Å²) in [5, 5.41) is 0.660. The summed E-state index contributed by atoms with van der Waals surface area (Å²) in [5.74, 6) is -0.529. The van der Waals surface area contributed by atoms with Crippen LogP contribution in [0.3, 0.4) is 0 Å². The maximum Gasteiger partial charge on any atom is 0.261 e. The third-order valence-corrected chi connectivity index (χ3v) is 4.81. The van der Waals surface area contributed by atoms with Crippen LogP contribution in [0.2, 0.25) is 15.1 Å². The van der Waals surface area contributed by atoms with Gasteiger partial charge < -0.3 is 0 Å². The Bertz CT molecular complexity index is 615. The molecule has 1 heterocycles. The lowest BCUT2D eigenvalue weighted by Gasteiger charge is -2.16. The largest absolute Gasteiger partial charge is 0.269 e. The molecule has 0 atom stereocenters. The van der Waals surface area contributed by atoms with Crippen molar-refractivity contribution in [2.45, 2.75) is 25.7 Å². The summed E-state index contributed by atoms with van der Waals surface area (Å²) in [4.78, 5) is 25.9. The third-order valence-electron chi connectivity index (χ3n) is 3.62. The number of hydrogen-bond donors (Lipinski definition) is 0. The van der Waals surface area contributed by atoms with Crippen LogP contribution in [0, 0.1) is 0 Å². The molecule has 2 aliphatic rings. The van der Waals surface area contributed by atoms with Crippen molar-refractivity contribution in [1.29, 1.82) is 0 Å². The summed E-state index contributed by atoms with van der Waals surface area (Å²) < 4.78 is 0. The number of amides is 2. The van der Waals surface area contributed by atoms with Gasteiger partial charge in [-0.2, -0.15) is 0 Å². The lowest BCUT2D eigenvalue weighted by atomic mass is 9.93. The first-order valence-electron chi connectivity index (χ1n) is 6.26. The minimum atomic E-state index is -0.265. The van der Waals surface area contributed by atoms with Crippen LogP contribution in [-0.2, 0) is 9.59 Å². The van der Waals surface area contributed by atoms with Crippen LogP contribution in [0.1, 0.15) is 25.7 Å². The Labute approximate surface area is 131 Å². The van der Waals surface area contributed by atoms with Gasteiger partial charge in [-0.15, -0.1) is 0 Å². The molecule has 1 aromatic carbocycles. The molecule has 104 valence electrons. The Hall–Kier alpha value is -1.03. The van der Waals surface area contributed by atoms with Gasteiger partial charge in [-0.1, -0.05) is 34.8 Å². The lowest BCUT2D eigenvalue weighted by molar-refractivity contribution is -0.120. The number of halogens is 3. The Morgan fingerprint density at radius 3 is 1.75 bits per heavy atom. The van der Waals surface area contributed by atoms with Crippen LogP contribution in [0.4, 0.5) is 5.69 Å². The number of nitrogens with zero attached hydrogens (tertiary/aromatic N) is 1. The Morgan fingerprint density at radius 2 is 1.30 bits per heavy atom. The number of anilines is 1. The highest BCUT2D eigenvalue weighted by Gasteiger charge is 2.39. The van der Waals surface area contributed by atoms with Crippen LogP contribution >= 0.6 is 34.8 Å². The van der Waals surface area contributed by atoms with Gasteiger partial charge in [0.1, 0.15) is 0 Å². The first-order valence-corrected chi connectivity index (χ1v) is 7.39. The highest BCUT2D eigenvalue weighted by molar-refractivity contribution is 6.48. The van der Waals surface area contributed by atoms with Crippen LogP contribution in [-0.4, -0.2) is 11.8 Å². The monoisotopic (exact) mass is 329 g/mol. The van der Waals surface area contributed by atoms with E-state index in [9.17, 15) is 9.59 Å². The summed E-state index contributed by atoms with van der Waals surface area (Å²) in [6.07, 6.45) is 3.19. The van der Waals surface area contributed by atoms with Crippen LogP contribution < -0.4 is 4.90 Å². The fourth-order valence-electron chi connectivity index (χ4n) is 2.65. The fraction of sp³-hybridized carbons (Fsp3) is 0.286. The van der Waals surface area contributed by atoms with Gasteiger partial charge in [0.15, 0.2) is 0 Å². The minimum absolute atomic E-state index is 0.217. The number of carbonyl (C=O) groups is 2. The standard InChI is InChI=1S/C14H10Cl3NO2/c15-10-5-7(6-11(16)12(10)17)18-13(19)8-3-1-2-4-9(8)14(18)20/h5-6H,1-4H2. The van der Waals surface area contributed by atoms with Crippen molar-refractivity contribution < 1.29 is 9.59 Å². The van der Waals surface area contributed by atoms with E-state index >= 15 is 0 Å². The SMILES string of the molecule is O=C1C2=C(CCCC2)C(=O)N1c1cc(Cl)c(Cl)c(Cl)c1. The summed E-state index contributed by atoms with van der Waals surface area (Å²) in [6.45, 7) is 0. The zero-order chi connectivity index (χ0) is 14.4. The second kappa shape index (κ2) is 5.06. The van der Waals surface area contributed by atoms with Crippen LogP contribution in [0.25, 0.3) is 0 Å². The van der Waals surface area contributed by atoms with Crippen molar-refractivity contribution in [2.75, 3.05) is 4.90 Å². The Balaban J connectivity index is 2.05. The second-order valence-electron chi connectivity index (χ2n) is 4.83. The smallest absolute Gasteiger partial charge is 0.261 e.